The van der Waals surface area contributed by atoms with Gasteiger partial charge in [0.1, 0.15) is 5.76 Å². The van der Waals surface area contributed by atoms with E-state index in [9.17, 15) is 8.53 Å². The van der Waals surface area contributed by atoms with E-state index >= 15 is 0 Å². The van der Waals surface area contributed by atoms with Crippen LogP contribution in [0, 0.1) is 0 Å². The van der Waals surface area contributed by atoms with Gasteiger partial charge in [-0.15, -0.1) is 0 Å². The molecule has 0 aliphatic carbocycles. The summed E-state index contributed by atoms with van der Waals surface area (Å²) in [5, 5.41) is 8.54. The van der Waals surface area contributed by atoms with E-state index in [0.717, 1.165) is 5.76 Å². The number of carbonyl (C=O) groups is 1. The van der Waals surface area contributed by atoms with Crippen LogP contribution in [-0.4, -0.2) is 25.3 Å². The average Bonchev–Trinajstić information content (AvgIpc) is 3.09. The number of hydroxylamine groups is 1. The number of nitrogens with one attached hydrogen (secondary N) is 1. The third-order valence-corrected chi connectivity index (χ3v) is 5.58. The molecule has 1 aromatic heterocycles. The summed E-state index contributed by atoms with van der Waals surface area (Å²) in [4.78, 5) is 10.6. The van der Waals surface area contributed by atoms with Gasteiger partial charge in [-0.05, 0) is 19.1 Å². The van der Waals surface area contributed by atoms with E-state index in [1.165, 1.54) is 19.1 Å². The number of hydrogen-bond donors (Lipinski definition) is 3. The molecule has 2 rings (SSSR count). The number of hydrogen-bond acceptors (Lipinski definition) is 7. The fourth-order valence-electron chi connectivity index (χ4n) is 1.40. The maximum atomic E-state index is 11.8. The van der Waals surface area contributed by atoms with E-state index < -0.39 is 20.1 Å². The van der Waals surface area contributed by atoms with Crippen LogP contribution in [-0.2, 0) is 16.2 Å². The van der Waals surface area contributed by atoms with Crippen molar-refractivity contribution in [2.24, 2.45) is 5.73 Å². The number of nitrogens with two attached hydrogens (primary N) is 1. The van der Waals surface area contributed by atoms with Gasteiger partial charge in [-0.1, -0.05) is 0 Å². The largest absolute Gasteiger partial charge is 0.468 e. The minimum Gasteiger partial charge on any atom is -0.468 e. The normalized spacial score (nSPS) is 14.1. The second-order valence-electron chi connectivity index (χ2n) is 4.47. The molecule has 126 valence electrons. The predicted octanol–water partition coefficient (Wildman–Crippen LogP) is 1.12. The van der Waals surface area contributed by atoms with Gasteiger partial charge < -0.3 is 10.2 Å². The molecule has 0 spiro atoms. The van der Waals surface area contributed by atoms with E-state index in [1.54, 1.807) is 24.5 Å². The first-order valence-corrected chi connectivity index (χ1v) is 9.85. The van der Waals surface area contributed by atoms with Crippen LogP contribution in [0.15, 0.2) is 53.1 Å². The summed E-state index contributed by atoms with van der Waals surface area (Å²) in [5.74, 6) is 0.301. The third kappa shape index (κ3) is 6.43. The predicted molar refractivity (Wildman–Crippen MR) is 82.4 cm³/mol. The number of benzene rings is 1. The Morgan fingerprint density at radius 1 is 1.30 bits per heavy atom. The van der Waals surface area contributed by atoms with Crippen molar-refractivity contribution in [1.82, 2.24) is 5.48 Å². The van der Waals surface area contributed by atoms with Crippen LogP contribution in [0.25, 0.3) is 0 Å². The van der Waals surface area contributed by atoms with Gasteiger partial charge in [-0.2, -0.15) is 0 Å². The summed E-state index contributed by atoms with van der Waals surface area (Å²) in [5.41, 5.74) is 7.34. The molecule has 0 aliphatic rings. The minimum absolute atomic E-state index is 0.0185. The van der Waals surface area contributed by atoms with Gasteiger partial charge >= 0.3 is 88.7 Å². The quantitative estimate of drug-likeness (QED) is 0.400. The number of amides is 1. The molecule has 0 saturated heterocycles. The zero-order valence-electron chi connectivity index (χ0n) is 12.7. The van der Waals surface area contributed by atoms with Crippen LogP contribution < -0.4 is 15.6 Å². The molecule has 2 unspecified atom stereocenters. The smallest absolute Gasteiger partial charge is 0.120 e. The van der Waals surface area contributed by atoms with E-state index in [2.05, 4.69) is 7.70 Å². The summed E-state index contributed by atoms with van der Waals surface area (Å²) in [6.07, 6.45) is 1.62. The van der Waals surface area contributed by atoms with Crippen molar-refractivity contribution in [1.29, 1.82) is 0 Å². The SMILES string of the molecule is CC(=O)NO[As](=O)(OO)c1ccccc1.CC(N)c1ccco1. The van der Waals surface area contributed by atoms with Crippen molar-refractivity contribution >= 4 is 24.4 Å². The molecule has 2 atom stereocenters. The summed E-state index contributed by atoms with van der Waals surface area (Å²) in [6, 6.07) is 11.6. The first-order chi connectivity index (χ1) is 10.9. The van der Waals surface area contributed by atoms with Crippen molar-refractivity contribution < 1.29 is 25.9 Å². The van der Waals surface area contributed by atoms with Crippen molar-refractivity contribution in [2.45, 2.75) is 19.9 Å². The molecule has 0 saturated carbocycles. The zero-order valence-corrected chi connectivity index (χ0v) is 14.6. The summed E-state index contributed by atoms with van der Waals surface area (Å²) >= 11 is -4.55. The number of carbonyl (C=O) groups excluding carboxylic acids is 1. The Labute approximate surface area is 136 Å². The maximum absolute atomic E-state index is 11.8. The Kier molecular flexibility index (Phi) is 7.80. The molecule has 1 aromatic carbocycles. The number of furan rings is 1. The van der Waals surface area contributed by atoms with E-state index in [0.29, 0.717) is 0 Å². The van der Waals surface area contributed by atoms with Crippen LogP contribution in [0.4, 0.5) is 0 Å². The van der Waals surface area contributed by atoms with Crippen LogP contribution >= 0.6 is 0 Å². The monoisotopic (exact) mass is 386 g/mol. The van der Waals surface area contributed by atoms with Gasteiger partial charge in [0.05, 0.1) is 12.3 Å². The third-order valence-electron chi connectivity index (χ3n) is 2.48. The van der Waals surface area contributed by atoms with Gasteiger partial charge in [0.25, 0.3) is 0 Å². The van der Waals surface area contributed by atoms with E-state index in [1.807, 2.05) is 24.5 Å². The Balaban J connectivity index is 0.000000277. The zero-order chi connectivity index (χ0) is 17.3. The van der Waals surface area contributed by atoms with Crippen LogP contribution in [0.2, 0.25) is 0 Å². The second kappa shape index (κ2) is 9.34. The molecular weight excluding hydrogens is 367 g/mol. The Morgan fingerprint density at radius 3 is 2.35 bits per heavy atom. The maximum Gasteiger partial charge on any atom is 0.120 e. The standard InChI is InChI=1S/C8H10AsNO5.C6H9NO/c1-7(11)10-14-9(12,15-13)8-5-3-2-4-6-8;1-5(7)6-3-2-4-8-6/h2-6,13H,1H3,(H,10,11);2-5H,7H2,1H3. The summed E-state index contributed by atoms with van der Waals surface area (Å²) in [6.45, 7) is 3.07. The topological polar surface area (TPSA) is 124 Å². The molecule has 1 amide bonds. The van der Waals surface area contributed by atoms with E-state index in [-0.39, 0.29) is 10.4 Å². The Bertz CT molecular complexity index is 630. The first kappa shape index (κ1) is 19.2. The Morgan fingerprint density at radius 2 is 1.96 bits per heavy atom. The van der Waals surface area contributed by atoms with Crippen molar-refractivity contribution in [2.75, 3.05) is 0 Å². The van der Waals surface area contributed by atoms with Gasteiger partial charge in [0, 0.05) is 0 Å². The molecular formula is C14H19AsN2O6. The van der Waals surface area contributed by atoms with Gasteiger partial charge in [-0.3, -0.25) is 0 Å². The van der Waals surface area contributed by atoms with Crippen molar-refractivity contribution in [3.05, 3.63) is 54.5 Å². The number of rotatable bonds is 5. The van der Waals surface area contributed by atoms with Gasteiger partial charge in [0.2, 0.25) is 0 Å². The summed E-state index contributed by atoms with van der Waals surface area (Å²) in [7, 11) is 0. The molecule has 0 fully saturated rings. The van der Waals surface area contributed by atoms with Crippen LogP contribution in [0.3, 0.4) is 0 Å². The Hall–Kier alpha value is -1.83. The molecule has 23 heavy (non-hydrogen) atoms. The molecule has 9 heteroatoms. The molecule has 4 N–H and O–H groups in total. The van der Waals surface area contributed by atoms with Gasteiger partial charge in [0.15, 0.2) is 0 Å². The van der Waals surface area contributed by atoms with Crippen molar-refractivity contribution in [3.8, 4) is 0 Å². The van der Waals surface area contributed by atoms with Crippen LogP contribution in [0.1, 0.15) is 25.6 Å². The van der Waals surface area contributed by atoms with Gasteiger partial charge in [-0.25, -0.2) is 0 Å². The average molecular weight is 386 g/mol. The molecule has 8 nitrogen and oxygen atoms in total. The minimum atomic E-state index is -4.55. The second-order valence-corrected chi connectivity index (χ2v) is 8.36. The first-order valence-electron chi connectivity index (χ1n) is 6.62. The molecule has 0 aliphatic heterocycles. The van der Waals surface area contributed by atoms with Crippen molar-refractivity contribution in [3.63, 3.8) is 0 Å². The fourth-order valence-corrected chi connectivity index (χ4v) is 3.54. The molecule has 0 bridgehead atoms. The molecule has 0 radical (unpaired) electrons. The fraction of sp³-hybridized carbons (Fsp3) is 0.214. The van der Waals surface area contributed by atoms with E-state index in [4.69, 9.17) is 15.4 Å². The molecule has 2 aromatic rings. The molecule has 1 heterocycles. The summed E-state index contributed by atoms with van der Waals surface area (Å²) < 4.78 is 25.4. The van der Waals surface area contributed by atoms with Crippen LogP contribution in [0.5, 0.6) is 0 Å².